The van der Waals surface area contributed by atoms with Crippen LogP contribution in [0.4, 0.5) is 8.78 Å². The van der Waals surface area contributed by atoms with Gasteiger partial charge in [-0.15, -0.1) is 0 Å². The van der Waals surface area contributed by atoms with Gasteiger partial charge in [0, 0.05) is 37.5 Å². The lowest BCUT2D eigenvalue weighted by Crippen LogP contribution is -2.73. The van der Waals surface area contributed by atoms with E-state index in [2.05, 4.69) is 25.7 Å². The smallest absolute Gasteiger partial charge is 0.274 e. The molecule has 0 radical (unpaired) electrons. The summed E-state index contributed by atoms with van der Waals surface area (Å²) in [5.74, 6) is -2.39. The van der Waals surface area contributed by atoms with Crippen LogP contribution < -0.4 is 10.6 Å². The monoisotopic (exact) mass is 581 g/mol. The van der Waals surface area contributed by atoms with Crippen molar-refractivity contribution >= 4 is 11.8 Å². The third-order valence-corrected chi connectivity index (χ3v) is 8.38. The van der Waals surface area contributed by atoms with Gasteiger partial charge in [0.15, 0.2) is 11.5 Å². The highest BCUT2D eigenvalue weighted by atomic mass is 19.1. The molecule has 5 rings (SSSR count). The third kappa shape index (κ3) is 6.52. The zero-order chi connectivity index (χ0) is 30.3. The number of hydrogen-bond acceptors (Lipinski definition) is 7. The van der Waals surface area contributed by atoms with E-state index in [0.29, 0.717) is 25.9 Å². The molecule has 0 unspecified atom stereocenters. The Hall–Kier alpha value is -3.70. The number of hydrogen-bond donors (Lipinski definition) is 3. The zero-order valence-electron chi connectivity index (χ0n) is 24.3. The second-order valence-electron chi connectivity index (χ2n) is 12.6. The molecule has 2 aliphatic rings. The van der Waals surface area contributed by atoms with Crippen molar-refractivity contribution in [3.63, 3.8) is 0 Å². The molecule has 0 bridgehead atoms. The quantitative estimate of drug-likeness (QED) is 0.364. The molecule has 1 aliphatic heterocycles. The molecule has 0 spiro atoms. The summed E-state index contributed by atoms with van der Waals surface area (Å²) >= 11 is 0. The molecule has 9 nitrogen and oxygen atoms in total. The number of aryl methyl sites for hydroxylation is 1. The predicted molar refractivity (Wildman–Crippen MR) is 151 cm³/mol. The highest BCUT2D eigenvalue weighted by molar-refractivity contribution is 5.94. The first-order valence-electron chi connectivity index (χ1n) is 14.2. The van der Waals surface area contributed by atoms with Crippen molar-refractivity contribution in [3.05, 3.63) is 71.2 Å². The van der Waals surface area contributed by atoms with Crippen molar-refractivity contribution in [2.45, 2.75) is 82.5 Å². The van der Waals surface area contributed by atoms with E-state index in [1.165, 1.54) is 12.1 Å². The number of nitrogens with one attached hydrogen (secondary N) is 2. The lowest BCUT2D eigenvalue weighted by atomic mass is 9.78. The molecule has 2 aromatic heterocycles. The SMILES string of the molecule is Cc1ccnc(C(C)(C)NC(=O)CC2(NC(=O)c3cc(-c4ccc(F)cc4F)on3)CN(C3CCC(C)(O)CC3)C2)c1. The maximum atomic E-state index is 14.3. The van der Waals surface area contributed by atoms with E-state index in [1.54, 1.807) is 6.20 Å². The van der Waals surface area contributed by atoms with Gasteiger partial charge in [-0.2, -0.15) is 0 Å². The van der Waals surface area contributed by atoms with Gasteiger partial charge in [-0.25, -0.2) is 8.78 Å². The van der Waals surface area contributed by atoms with Gasteiger partial charge in [-0.1, -0.05) is 5.16 Å². The van der Waals surface area contributed by atoms with Gasteiger partial charge in [-0.05, 0) is 83.2 Å². The van der Waals surface area contributed by atoms with E-state index in [-0.39, 0.29) is 35.4 Å². The first-order chi connectivity index (χ1) is 19.7. The van der Waals surface area contributed by atoms with E-state index in [1.807, 2.05) is 39.8 Å². The summed E-state index contributed by atoms with van der Waals surface area (Å²) in [6.45, 7) is 8.46. The van der Waals surface area contributed by atoms with E-state index < -0.39 is 34.2 Å². The summed E-state index contributed by atoms with van der Waals surface area (Å²) in [5, 5.41) is 20.3. The molecular weight excluding hydrogens is 544 g/mol. The summed E-state index contributed by atoms with van der Waals surface area (Å²) in [5.41, 5.74) is -0.639. The minimum atomic E-state index is -0.877. The normalized spacial score (nSPS) is 22.3. The highest BCUT2D eigenvalue weighted by Gasteiger charge is 2.49. The number of benzene rings is 1. The summed E-state index contributed by atoms with van der Waals surface area (Å²) in [6.07, 6.45) is 4.75. The molecule has 11 heteroatoms. The number of nitrogens with zero attached hydrogens (tertiary/aromatic N) is 3. The molecule has 3 N–H and O–H groups in total. The van der Waals surface area contributed by atoms with Crippen LogP contribution in [0, 0.1) is 18.6 Å². The van der Waals surface area contributed by atoms with Crippen molar-refractivity contribution in [1.82, 2.24) is 25.7 Å². The van der Waals surface area contributed by atoms with Gasteiger partial charge in [0.25, 0.3) is 5.91 Å². The van der Waals surface area contributed by atoms with Crippen molar-refractivity contribution in [2.75, 3.05) is 13.1 Å². The largest absolute Gasteiger partial charge is 0.390 e. The van der Waals surface area contributed by atoms with E-state index in [9.17, 15) is 23.5 Å². The average molecular weight is 582 g/mol. The molecular formula is C31H37F2N5O4. The Labute approximate surface area is 243 Å². The van der Waals surface area contributed by atoms with E-state index >= 15 is 0 Å². The van der Waals surface area contributed by atoms with Gasteiger partial charge < -0.3 is 20.3 Å². The van der Waals surface area contributed by atoms with Crippen LogP contribution in [0.3, 0.4) is 0 Å². The zero-order valence-corrected chi connectivity index (χ0v) is 24.3. The number of carbonyl (C=O) groups excluding carboxylic acids is 2. The lowest BCUT2D eigenvalue weighted by molar-refractivity contribution is -0.127. The Morgan fingerprint density at radius 2 is 1.86 bits per heavy atom. The number of carbonyl (C=O) groups is 2. The Balaban J connectivity index is 1.31. The van der Waals surface area contributed by atoms with E-state index in [4.69, 9.17) is 4.52 Å². The van der Waals surface area contributed by atoms with Crippen LogP contribution in [-0.2, 0) is 10.3 Å². The third-order valence-electron chi connectivity index (χ3n) is 8.38. The molecule has 1 aliphatic carbocycles. The van der Waals surface area contributed by atoms with Crippen LogP contribution in [0.5, 0.6) is 0 Å². The Morgan fingerprint density at radius 3 is 2.52 bits per heavy atom. The van der Waals surface area contributed by atoms with Crippen molar-refractivity contribution in [2.24, 2.45) is 0 Å². The van der Waals surface area contributed by atoms with Crippen LogP contribution in [0.15, 0.2) is 47.1 Å². The highest BCUT2D eigenvalue weighted by Crippen LogP contribution is 2.36. The molecule has 42 heavy (non-hydrogen) atoms. The summed E-state index contributed by atoms with van der Waals surface area (Å²) < 4.78 is 32.8. The number of pyridine rings is 1. The maximum absolute atomic E-state index is 14.3. The number of aliphatic hydroxyl groups is 1. The van der Waals surface area contributed by atoms with Gasteiger partial charge in [0.05, 0.1) is 34.4 Å². The molecule has 2 amide bonds. The fraction of sp³-hybridized carbons (Fsp3) is 0.484. The molecule has 3 aromatic rings. The predicted octanol–water partition coefficient (Wildman–Crippen LogP) is 4.24. The molecule has 0 atom stereocenters. The summed E-state index contributed by atoms with van der Waals surface area (Å²) in [4.78, 5) is 33.4. The van der Waals surface area contributed by atoms with Crippen LogP contribution in [-0.4, -0.2) is 62.2 Å². The van der Waals surface area contributed by atoms with Crippen molar-refractivity contribution in [3.8, 4) is 11.3 Å². The number of rotatable bonds is 8. The molecule has 1 aromatic carbocycles. The molecule has 1 saturated carbocycles. The lowest BCUT2D eigenvalue weighted by Gasteiger charge is -2.54. The fourth-order valence-corrected chi connectivity index (χ4v) is 5.96. The minimum Gasteiger partial charge on any atom is -0.390 e. The Bertz CT molecular complexity index is 1470. The number of aromatic nitrogens is 2. The van der Waals surface area contributed by atoms with Gasteiger partial charge in [-0.3, -0.25) is 19.5 Å². The van der Waals surface area contributed by atoms with Crippen LogP contribution in [0.1, 0.15) is 74.6 Å². The first kappa shape index (κ1) is 29.8. The van der Waals surface area contributed by atoms with Crippen LogP contribution in [0.2, 0.25) is 0 Å². The van der Waals surface area contributed by atoms with Crippen molar-refractivity contribution in [1.29, 1.82) is 0 Å². The number of halogens is 2. The topological polar surface area (TPSA) is 121 Å². The first-order valence-corrected chi connectivity index (χ1v) is 14.2. The molecule has 1 saturated heterocycles. The molecule has 224 valence electrons. The summed E-state index contributed by atoms with van der Waals surface area (Å²) in [6, 6.07) is 8.39. The van der Waals surface area contributed by atoms with Crippen LogP contribution in [0.25, 0.3) is 11.3 Å². The van der Waals surface area contributed by atoms with Gasteiger partial charge in [0.2, 0.25) is 5.91 Å². The van der Waals surface area contributed by atoms with Crippen molar-refractivity contribution < 1.29 is 28.0 Å². The molecule has 3 heterocycles. The fourth-order valence-electron chi connectivity index (χ4n) is 5.96. The number of amides is 2. The van der Waals surface area contributed by atoms with Crippen LogP contribution >= 0.6 is 0 Å². The average Bonchev–Trinajstić information content (AvgIpc) is 3.37. The minimum absolute atomic E-state index is 0.0126. The van der Waals surface area contributed by atoms with Gasteiger partial charge >= 0.3 is 0 Å². The standard InChI is InChI=1S/C31H37F2N5O4/c1-19-9-12-34-26(13-19)29(2,3)35-27(39)16-31(17-38(18-31)21-7-10-30(4,41)11-8-21)36-28(40)24-15-25(42-37-24)22-6-5-20(32)14-23(22)33/h5-6,9,12-15,21,41H,7-8,10-11,16-18H2,1-4H3,(H,35,39)(H,36,40). The Morgan fingerprint density at radius 1 is 1.14 bits per heavy atom. The van der Waals surface area contributed by atoms with E-state index in [0.717, 1.165) is 36.2 Å². The molecule has 2 fully saturated rings. The van der Waals surface area contributed by atoms with Gasteiger partial charge in [0.1, 0.15) is 11.6 Å². The summed E-state index contributed by atoms with van der Waals surface area (Å²) in [7, 11) is 0. The maximum Gasteiger partial charge on any atom is 0.274 e. The second-order valence-corrected chi connectivity index (χ2v) is 12.6. The second kappa shape index (κ2) is 11.2. The Kier molecular flexibility index (Phi) is 7.93. The number of likely N-dealkylation sites (tertiary alicyclic amines) is 1.